The molecule has 4 nitrogen and oxygen atoms in total. The summed E-state index contributed by atoms with van der Waals surface area (Å²) in [6.07, 6.45) is 0. The summed E-state index contributed by atoms with van der Waals surface area (Å²) in [6, 6.07) is 19.5. The van der Waals surface area contributed by atoms with Crippen molar-refractivity contribution in [2.24, 2.45) is 0 Å². The predicted octanol–water partition coefficient (Wildman–Crippen LogP) is 3.80. The maximum absolute atomic E-state index is 8.81. The number of rotatable bonds is 4. The second kappa shape index (κ2) is 6.03. The molecule has 0 atom stereocenters. The van der Waals surface area contributed by atoms with E-state index in [9.17, 15) is 0 Å². The number of fused-ring (bicyclic) bond motifs is 3. The third kappa shape index (κ3) is 2.28. The highest BCUT2D eigenvalue weighted by molar-refractivity contribution is 6.13. The minimum absolute atomic E-state index is 0.0781. The Bertz CT molecular complexity index is 843. The van der Waals surface area contributed by atoms with Crippen molar-refractivity contribution >= 4 is 21.5 Å². The van der Waals surface area contributed by atoms with Crippen molar-refractivity contribution in [1.29, 1.82) is 10.5 Å². The maximum Gasteiger partial charge on any atom is 0.174 e. The van der Waals surface area contributed by atoms with Crippen LogP contribution < -0.4 is 9.47 Å². The molecule has 0 radical (unpaired) electrons. The average Bonchev–Trinajstić information content (AvgIpc) is 2.58. The lowest BCUT2D eigenvalue weighted by Crippen LogP contribution is -2.01. The van der Waals surface area contributed by atoms with E-state index in [-0.39, 0.29) is 13.2 Å². The van der Waals surface area contributed by atoms with Crippen LogP contribution in [-0.4, -0.2) is 13.2 Å². The van der Waals surface area contributed by atoms with Crippen LogP contribution in [0.15, 0.2) is 48.5 Å². The fraction of sp³-hybridized carbons (Fsp3) is 0.111. The van der Waals surface area contributed by atoms with Gasteiger partial charge in [-0.1, -0.05) is 48.5 Å². The van der Waals surface area contributed by atoms with Crippen molar-refractivity contribution in [3.63, 3.8) is 0 Å². The van der Waals surface area contributed by atoms with Crippen LogP contribution in [0.5, 0.6) is 11.5 Å². The second-order valence-electron chi connectivity index (χ2n) is 4.64. The molecule has 22 heavy (non-hydrogen) atoms. The SMILES string of the molecule is N#CCOc1c(OCC#N)c2ccccc2c2ccccc12. The molecule has 0 unspecified atom stereocenters. The molecular weight excluding hydrogens is 276 g/mol. The molecule has 0 N–H and O–H groups in total. The minimum atomic E-state index is -0.0781. The van der Waals surface area contributed by atoms with Crippen LogP contribution in [0.25, 0.3) is 21.5 Å². The standard InChI is InChI=1S/C18H12N2O2/c19-9-11-21-17-15-7-3-1-5-13(15)14-6-2-4-8-16(14)18(17)22-12-10-20/h1-8H,11-12H2. The van der Waals surface area contributed by atoms with Gasteiger partial charge in [-0.25, -0.2) is 0 Å². The van der Waals surface area contributed by atoms with Gasteiger partial charge in [-0.05, 0) is 10.8 Å². The summed E-state index contributed by atoms with van der Waals surface area (Å²) in [5.41, 5.74) is 0. The first-order valence-corrected chi connectivity index (χ1v) is 6.79. The number of ether oxygens (including phenoxy) is 2. The molecule has 0 aliphatic rings. The van der Waals surface area contributed by atoms with E-state index in [4.69, 9.17) is 20.0 Å². The molecule has 3 aromatic rings. The van der Waals surface area contributed by atoms with Crippen molar-refractivity contribution in [2.45, 2.75) is 0 Å². The number of hydrogen-bond donors (Lipinski definition) is 0. The Kier molecular flexibility index (Phi) is 3.76. The highest BCUT2D eigenvalue weighted by Gasteiger charge is 2.16. The summed E-state index contributed by atoms with van der Waals surface area (Å²) >= 11 is 0. The van der Waals surface area contributed by atoms with Crippen molar-refractivity contribution in [3.8, 4) is 23.6 Å². The predicted molar refractivity (Wildman–Crippen MR) is 83.7 cm³/mol. The Labute approximate surface area is 127 Å². The molecule has 0 fully saturated rings. The summed E-state index contributed by atoms with van der Waals surface area (Å²) in [5, 5.41) is 21.4. The molecule has 0 heterocycles. The van der Waals surface area contributed by atoms with E-state index < -0.39 is 0 Å². The maximum atomic E-state index is 8.81. The van der Waals surface area contributed by atoms with Crippen LogP contribution in [-0.2, 0) is 0 Å². The van der Waals surface area contributed by atoms with E-state index in [0.29, 0.717) is 11.5 Å². The van der Waals surface area contributed by atoms with Gasteiger partial charge in [0.1, 0.15) is 12.1 Å². The van der Waals surface area contributed by atoms with Gasteiger partial charge in [0.2, 0.25) is 0 Å². The van der Waals surface area contributed by atoms with Crippen LogP contribution in [0.2, 0.25) is 0 Å². The second-order valence-corrected chi connectivity index (χ2v) is 4.64. The van der Waals surface area contributed by atoms with Gasteiger partial charge in [0.25, 0.3) is 0 Å². The van der Waals surface area contributed by atoms with E-state index in [1.807, 2.05) is 60.7 Å². The zero-order chi connectivity index (χ0) is 15.4. The molecule has 0 saturated heterocycles. The molecular formula is C18H12N2O2. The van der Waals surface area contributed by atoms with Crippen LogP contribution in [0.1, 0.15) is 0 Å². The van der Waals surface area contributed by atoms with Gasteiger partial charge in [-0.15, -0.1) is 0 Å². The van der Waals surface area contributed by atoms with E-state index in [2.05, 4.69) is 0 Å². The number of benzene rings is 3. The Balaban J connectivity index is 2.38. The van der Waals surface area contributed by atoms with Crippen molar-refractivity contribution < 1.29 is 9.47 Å². The first kappa shape index (κ1) is 13.7. The van der Waals surface area contributed by atoms with Gasteiger partial charge in [-0.2, -0.15) is 10.5 Å². The molecule has 0 spiro atoms. The Morgan fingerprint density at radius 1 is 0.636 bits per heavy atom. The zero-order valence-corrected chi connectivity index (χ0v) is 11.7. The van der Waals surface area contributed by atoms with E-state index in [1.165, 1.54) is 0 Å². The lowest BCUT2D eigenvalue weighted by Gasteiger charge is -2.16. The van der Waals surface area contributed by atoms with Crippen molar-refractivity contribution in [2.75, 3.05) is 13.2 Å². The lowest BCUT2D eigenvalue weighted by molar-refractivity contribution is 0.319. The largest absolute Gasteiger partial charge is 0.474 e. The average molecular weight is 288 g/mol. The summed E-state index contributed by atoms with van der Waals surface area (Å²) in [4.78, 5) is 0. The van der Waals surface area contributed by atoms with Gasteiger partial charge < -0.3 is 9.47 Å². The summed E-state index contributed by atoms with van der Waals surface area (Å²) in [7, 11) is 0. The topological polar surface area (TPSA) is 66.0 Å². The highest BCUT2D eigenvalue weighted by atomic mass is 16.5. The van der Waals surface area contributed by atoms with Gasteiger partial charge >= 0.3 is 0 Å². The Hall–Kier alpha value is -3.24. The smallest absolute Gasteiger partial charge is 0.174 e. The third-order valence-corrected chi connectivity index (χ3v) is 3.40. The monoisotopic (exact) mass is 288 g/mol. The molecule has 106 valence electrons. The lowest BCUT2D eigenvalue weighted by atomic mass is 10.00. The summed E-state index contributed by atoms with van der Waals surface area (Å²) < 4.78 is 11.2. The van der Waals surface area contributed by atoms with Crippen LogP contribution in [0.3, 0.4) is 0 Å². The minimum Gasteiger partial charge on any atom is -0.474 e. The molecule has 4 heteroatoms. The molecule has 0 aromatic heterocycles. The number of hydrogen-bond acceptors (Lipinski definition) is 4. The molecule has 3 rings (SSSR count). The first-order chi connectivity index (χ1) is 10.9. The van der Waals surface area contributed by atoms with E-state index in [1.54, 1.807) is 0 Å². The van der Waals surface area contributed by atoms with Gasteiger partial charge in [0.05, 0.1) is 0 Å². The molecule has 0 aliphatic heterocycles. The van der Waals surface area contributed by atoms with Gasteiger partial charge in [0.15, 0.2) is 24.7 Å². The van der Waals surface area contributed by atoms with Crippen LogP contribution in [0, 0.1) is 22.7 Å². The Morgan fingerprint density at radius 3 is 1.36 bits per heavy atom. The molecule has 0 saturated carbocycles. The normalized spacial score (nSPS) is 10.1. The summed E-state index contributed by atoms with van der Waals surface area (Å²) in [5.74, 6) is 1.01. The Morgan fingerprint density at radius 2 is 1.00 bits per heavy atom. The molecule has 0 amide bonds. The molecule has 0 bridgehead atoms. The van der Waals surface area contributed by atoms with E-state index in [0.717, 1.165) is 21.5 Å². The molecule has 0 aliphatic carbocycles. The van der Waals surface area contributed by atoms with Crippen LogP contribution in [0.4, 0.5) is 0 Å². The van der Waals surface area contributed by atoms with Crippen LogP contribution >= 0.6 is 0 Å². The van der Waals surface area contributed by atoms with Crippen molar-refractivity contribution in [3.05, 3.63) is 48.5 Å². The highest BCUT2D eigenvalue weighted by Crippen LogP contribution is 2.43. The number of nitrogens with zero attached hydrogens (tertiary/aromatic N) is 2. The first-order valence-electron chi connectivity index (χ1n) is 6.79. The third-order valence-electron chi connectivity index (χ3n) is 3.40. The quantitative estimate of drug-likeness (QED) is 0.685. The van der Waals surface area contributed by atoms with E-state index >= 15 is 0 Å². The number of nitriles is 2. The van der Waals surface area contributed by atoms with Gasteiger partial charge in [-0.3, -0.25) is 0 Å². The fourth-order valence-electron chi connectivity index (χ4n) is 2.57. The molecule has 3 aromatic carbocycles. The zero-order valence-electron chi connectivity index (χ0n) is 11.7. The fourth-order valence-corrected chi connectivity index (χ4v) is 2.57. The van der Waals surface area contributed by atoms with Gasteiger partial charge in [0, 0.05) is 10.8 Å². The van der Waals surface area contributed by atoms with Crippen molar-refractivity contribution in [1.82, 2.24) is 0 Å². The summed E-state index contributed by atoms with van der Waals surface area (Å²) in [6.45, 7) is -0.156.